The summed E-state index contributed by atoms with van der Waals surface area (Å²) in [5.74, 6) is 0.263. The SMILES string of the molecule is O=C(c1csc(F)n1)N1CCC(Nc2ncc(Cl)c(-c3c[nH]c4ccccc34)n2)CC1. The highest BCUT2D eigenvalue weighted by Gasteiger charge is 2.26. The Hall–Kier alpha value is -3.04. The Morgan fingerprint density at radius 2 is 2.06 bits per heavy atom. The van der Waals surface area contributed by atoms with Crippen LogP contribution in [-0.4, -0.2) is 49.9 Å². The average Bonchev–Trinajstić information content (AvgIpc) is 3.41. The van der Waals surface area contributed by atoms with Crippen LogP contribution in [0.1, 0.15) is 23.3 Å². The van der Waals surface area contributed by atoms with E-state index in [0.717, 1.165) is 40.6 Å². The number of hydrogen-bond acceptors (Lipinski definition) is 6. The molecule has 7 nitrogen and oxygen atoms in total. The Morgan fingerprint density at radius 1 is 1.26 bits per heavy atom. The van der Waals surface area contributed by atoms with Crippen molar-refractivity contribution in [2.45, 2.75) is 18.9 Å². The molecule has 1 fully saturated rings. The minimum atomic E-state index is -0.592. The number of thiazole rings is 1. The number of nitrogens with one attached hydrogen (secondary N) is 2. The van der Waals surface area contributed by atoms with Crippen molar-refractivity contribution in [3.63, 3.8) is 0 Å². The fourth-order valence-corrected chi connectivity index (χ4v) is 4.52. The highest BCUT2D eigenvalue weighted by atomic mass is 35.5. The van der Waals surface area contributed by atoms with Gasteiger partial charge in [-0.25, -0.2) is 15.0 Å². The normalized spacial score (nSPS) is 14.8. The largest absolute Gasteiger partial charge is 0.360 e. The zero-order valence-corrected chi connectivity index (χ0v) is 17.9. The van der Waals surface area contributed by atoms with E-state index in [1.165, 1.54) is 5.38 Å². The van der Waals surface area contributed by atoms with Crippen molar-refractivity contribution in [2.24, 2.45) is 0 Å². The number of benzene rings is 1. The number of carbonyl (C=O) groups excluding carboxylic acids is 1. The van der Waals surface area contributed by atoms with Crippen molar-refractivity contribution >= 4 is 45.7 Å². The lowest BCUT2D eigenvalue weighted by molar-refractivity contribution is 0.0712. The predicted molar refractivity (Wildman–Crippen MR) is 119 cm³/mol. The molecule has 0 unspecified atom stereocenters. The van der Waals surface area contributed by atoms with Crippen LogP contribution in [0.3, 0.4) is 0 Å². The Balaban J connectivity index is 1.28. The second-order valence-corrected chi connectivity index (χ2v) is 8.55. The van der Waals surface area contributed by atoms with Crippen LogP contribution < -0.4 is 5.32 Å². The van der Waals surface area contributed by atoms with E-state index in [4.69, 9.17) is 11.6 Å². The van der Waals surface area contributed by atoms with Gasteiger partial charge in [0, 0.05) is 47.2 Å². The second-order valence-electron chi connectivity index (χ2n) is 7.33. The molecule has 2 N–H and O–H groups in total. The number of piperidine rings is 1. The van der Waals surface area contributed by atoms with E-state index in [0.29, 0.717) is 29.8 Å². The van der Waals surface area contributed by atoms with Crippen molar-refractivity contribution in [2.75, 3.05) is 18.4 Å². The summed E-state index contributed by atoms with van der Waals surface area (Å²) in [7, 11) is 0. The lowest BCUT2D eigenvalue weighted by atomic mass is 10.0. The van der Waals surface area contributed by atoms with Gasteiger partial charge in [-0.3, -0.25) is 4.79 Å². The Labute approximate surface area is 186 Å². The molecule has 10 heteroatoms. The minimum Gasteiger partial charge on any atom is -0.360 e. The molecule has 0 spiro atoms. The topological polar surface area (TPSA) is 86.8 Å². The number of nitrogens with zero attached hydrogens (tertiary/aromatic N) is 4. The summed E-state index contributed by atoms with van der Waals surface area (Å²) < 4.78 is 13.1. The van der Waals surface area contributed by atoms with E-state index in [2.05, 4.69) is 25.3 Å². The molecule has 0 atom stereocenters. The molecule has 1 aliphatic rings. The van der Waals surface area contributed by atoms with Crippen LogP contribution in [0.5, 0.6) is 0 Å². The van der Waals surface area contributed by atoms with Gasteiger partial charge in [-0.05, 0) is 18.9 Å². The van der Waals surface area contributed by atoms with E-state index in [-0.39, 0.29) is 17.6 Å². The summed E-state index contributed by atoms with van der Waals surface area (Å²) in [6, 6.07) is 8.09. The zero-order valence-electron chi connectivity index (χ0n) is 16.3. The van der Waals surface area contributed by atoms with Crippen molar-refractivity contribution in [1.82, 2.24) is 24.8 Å². The first kappa shape index (κ1) is 19.9. The van der Waals surface area contributed by atoms with Gasteiger partial charge in [-0.15, -0.1) is 0 Å². The smallest absolute Gasteiger partial charge is 0.273 e. The summed E-state index contributed by atoms with van der Waals surface area (Å²) in [5.41, 5.74) is 2.76. The number of aromatic amines is 1. The quantitative estimate of drug-likeness (QED) is 0.469. The Kier molecular flexibility index (Phi) is 5.29. The van der Waals surface area contributed by atoms with Crippen LogP contribution in [0.4, 0.5) is 10.3 Å². The molecule has 0 saturated carbocycles. The van der Waals surface area contributed by atoms with E-state index in [1.807, 2.05) is 30.5 Å². The number of anilines is 1. The van der Waals surface area contributed by atoms with Crippen LogP contribution in [0.2, 0.25) is 5.02 Å². The first-order valence-electron chi connectivity index (χ1n) is 9.84. The molecule has 158 valence electrons. The maximum Gasteiger partial charge on any atom is 0.273 e. The summed E-state index contributed by atoms with van der Waals surface area (Å²) in [5, 5.41) is 5.74. The second kappa shape index (κ2) is 8.24. The van der Waals surface area contributed by atoms with Crippen LogP contribution in [0.25, 0.3) is 22.2 Å². The van der Waals surface area contributed by atoms with Crippen LogP contribution in [0.15, 0.2) is 42.0 Å². The van der Waals surface area contributed by atoms with Gasteiger partial charge in [0.15, 0.2) is 0 Å². The maximum atomic E-state index is 13.1. The van der Waals surface area contributed by atoms with Gasteiger partial charge in [-0.2, -0.15) is 4.39 Å². The summed E-state index contributed by atoms with van der Waals surface area (Å²) >= 11 is 7.24. The lowest BCUT2D eigenvalue weighted by Crippen LogP contribution is -2.42. The minimum absolute atomic E-state index is 0.119. The number of aromatic nitrogens is 4. The Bertz CT molecular complexity index is 1250. The van der Waals surface area contributed by atoms with Crippen molar-refractivity contribution in [3.05, 3.63) is 58.0 Å². The standard InChI is InChI=1S/C21H18ClFN6OS/c22-15-10-25-21(28-18(15)14-9-24-16-4-2-1-3-13(14)16)26-12-5-7-29(8-6-12)19(30)17-11-31-20(23)27-17/h1-4,9-12,24H,5-8H2,(H,25,26,28). The van der Waals surface area contributed by atoms with E-state index in [9.17, 15) is 9.18 Å². The zero-order chi connectivity index (χ0) is 21.4. The molecule has 0 bridgehead atoms. The van der Waals surface area contributed by atoms with Crippen molar-refractivity contribution in [3.8, 4) is 11.3 Å². The van der Waals surface area contributed by atoms with Gasteiger partial charge in [0.1, 0.15) is 5.69 Å². The monoisotopic (exact) mass is 456 g/mol. The van der Waals surface area contributed by atoms with E-state index >= 15 is 0 Å². The van der Waals surface area contributed by atoms with E-state index in [1.54, 1.807) is 11.1 Å². The third-order valence-electron chi connectivity index (χ3n) is 5.40. The molecule has 1 amide bonds. The summed E-state index contributed by atoms with van der Waals surface area (Å²) in [4.78, 5) is 30.0. The third-order valence-corrected chi connectivity index (χ3v) is 6.30. The molecule has 5 rings (SSSR count). The van der Waals surface area contributed by atoms with Gasteiger partial charge < -0.3 is 15.2 Å². The van der Waals surface area contributed by atoms with Crippen LogP contribution >= 0.6 is 22.9 Å². The van der Waals surface area contributed by atoms with Gasteiger partial charge in [0.2, 0.25) is 5.95 Å². The fourth-order valence-electron chi connectivity index (χ4n) is 3.81. The maximum absolute atomic E-state index is 13.1. The number of rotatable bonds is 4. The van der Waals surface area contributed by atoms with Crippen molar-refractivity contribution in [1.29, 1.82) is 0 Å². The molecule has 4 heterocycles. The van der Waals surface area contributed by atoms with E-state index < -0.39 is 5.26 Å². The molecule has 0 radical (unpaired) electrons. The number of amides is 1. The molecule has 1 aliphatic heterocycles. The highest BCUT2D eigenvalue weighted by molar-refractivity contribution is 7.08. The third kappa shape index (κ3) is 3.98. The van der Waals surface area contributed by atoms with Gasteiger partial charge in [0.25, 0.3) is 11.2 Å². The lowest BCUT2D eigenvalue weighted by Gasteiger charge is -2.32. The van der Waals surface area contributed by atoms with Gasteiger partial charge >= 0.3 is 0 Å². The number of carbonyl (C=O) groups is 1. The molecule has 0 aliphatic carbocycles. The predicted octanol–water partition coefficient (Wildman–Crippen LogP) is 4.59. The van der Waals surface area contributed by atoms with Crippen LogP contribution in [0, 0.1) is 5.26 Å². The summed E-state index contributed by atoms with van der Waals surface area (Å²) in [6.45, 7) is 1.11. The molecule has 4 aromatic rings. The number of para-hydroxylation sites is 1. The molecule has 31 heavy (non-hydrogen) atoms. The fraction of sp³-hybridized carbons (Fsp3) is 0.238. The number of hydrogen-bond donors (Lipinski definition) is 2. The molecular weight excluding hydrogens is 439 g/mol. The van der Waals surface area contributed by atoms with Crippen LogP contribution in [-0.2, 0) is 0 Å². The number of halogens is 2. The number of likely N-dealkylation sites (tertiary alicyclic amines) is 1. The molecule has 3 aromatic heterocycles. The molecular formula is C21H18ClFN6OS. The number of fused-ring (bicyclic) bond motifs is 1. The molecule has 1 saturated heterocycles. The highest BCUT2D eigenvalue weighted by Crippen LogP contribution is 2.32. The van der Waals surface area contributed by atoms with Gasteiger partial charge in [-0.1, -0.05) is 41.1 Å². The Morgan fingerprint density at radius 3 is 2.84 bits per heavy atom. The van der Waals surface area contributed by atoms with Gasteiger partial charge in [0.05, 0.1) is 16.9 Å². The van der Waals surface area contributed by atoms with Crippen molar-refractivity contribution < 1.29 is 9.18 Å². The summed E-state index contributed by atoms with van der Waals surface area (Å²) in [6.07, 6.45) is 4.96. The average molecular weight is 457 g/mol. The molecule has 1 aromatic carbocycles. The first-order valence-corrected chi connectivity index (χ1v) is 11.1. The number of H-pyrrole nitrogens is 1. The first-order chi connectivity index (χ1) is 15.1.